The Morgan fingerprint density at radius 1 is 1.80 bits per heavy atom. The Labute approximate surface area is 60.2 Å². The lowest BCUT2D eigenvalue weighted by atomic mass is 10.0. The van der Waals surface area contributed by atoms with Crippen molar-refractivity contribution in [2.75, 3.05) is 13.1 Å². The van der Waals surface area contributed by atoms with Gasteiger partial charge in [0.1, 0.15) is 0 Å². The zero-order valence-electron chi connectivity index (χ0n) is 6.00. The summed E-state index contributed by atoms with van der Waals surface area (Å²) >= 11 is 0. The zero-order valence-corrected chi connectivity index (χ0v) is 6.00. The van der Waals surface area contributed by atoms with Crippen LogP contribution in [0.4, 0.5) is 0 Å². The van der Waals surface area contributed by atoms with Crippen LogP contribution in [0.25, 0.3) is 0 Å². The molecule has 54 valence electrons. The molecule has 0 aliphatic carbocycles. The van der Waals surface area contributed by atoms with E-state index >= 15 is 0 Å². The van der Waals surface area contributed by atoms with E-state index in [1.54, 1.807) is 4.90 Å². The van der Waals surface area contributed by atoms with Crippen molar-refractivity contribution in [2.45, 2.75) is 13.3 Å². The molecule has 0 bridgehead atoms. The zero-order chi connectivity index (χ0) is 7.56. The first-order valence-electron chi connectivity index (χ1n) is 3.45. The van der Waals surface area contributed by atoms with Gasteiger partial charge in [-0.05, 0) is 0 Å². The summed E-state index contributed by atoms with van der Waals surface area (Å²) in [6.45, 7) is 3.12. The predicted molar refractivity (Wildman–Crippen MR) is 36.0 cm³/mol. The Kier molecular flexibility index (Phi) is 1.91. The van der Waals surface area contributed by atoms with Crippen molar-refractivity contribution >= 4 is 5.91 Å². The summed E-state index contributed by atoms with van der Waals surface area (Å²) in [4.78, 5) is 12.6. The summed E-state index contributed by atoms with van der Waals surface area (Å²) in [6, 6.07) is 2.12. The molecule has 0 unspecified atom stereocenters. The van der Waals surface area contributed by atoms with Crippen LogP contribution in [0.15, 0.2) is 0 Å². The van der Waals surface area contributed by atoms with Crippen molar-refractivity contribution in [3.8, 4) is 6.07 Å². The molecular weight excluding hydrogens is 128 g/mol. The van der Waals surface area contributed by atoms with Gasteiger partial charge in [0.05, 0.1) is 12.0 Å². The number of rotatable bonds is 1. The second kappa shape index (κ2) is 2.70. The molecule has 0 aromatic heterocycles. The molecule has 3 heteroatoms. The van der Waals surface area contributed by atoms with Crippen molar-refractivity contribution in [2.24, 2.45) is 5.92 Å². The van der Waals surface area contributed by atoms with Gasteiger partial charge in [-0.2, -0.15) is 5.26 Å². The third-order valence-corrected chi connectivity index (χ3v) is 1.72. The summed E-state index contributed by atoms with van der Waals surface area (Å²) in [5.74, 6) is 0.252. The van der Waals surface area contributed by atoms with E-state index in [-0.39, 0.29) is 11.8 Å². The van der Waals surface area contributed by atoms with Crippen LogP contribution in [-0.4, -0.2) is 23.9 Å². The number of carbonyl (C=O) groups is 1. The number of likely N-dealkylation sites (tertiary alicyclic amines) is 1. The van der Waals surface area contributed by atoms with Crippen molar-refractivity contribution in [3.63, 3.8) is 0 Å². The Hall–Kier alpha value is -1.04. The molecule has 1 rings (SSSR count). The summed E-state index contributed by atoms with van der Waals surface area (Å²) in [7, 11) is 0. The number of hydrogen-bond acceptors (Lipinski definition) is 2. The number of hydrogen-bond donors (Lipinski definition) is 0. The highest BCUT2D eigenvalue weighted by Gasteiger charge is 2.28. The van der Waals surface area contributed by atoms with Gasteiger partial charge in [0.25, 0.3) is 0 Å². The predicted octanol–water partition coefficient (Wildman–Crippen LogP) is 0.378. The van der Waals surface area contributed by atoms with Crippen LogP contribution in [0.3, 0.4) is 0 Å². The lowest BCUT2D eigenvalue weighted by molar-refractivity contribution is -0.135. The lowest BCUT2D eigenvalue weighted by Crippen LogP contribution is -2.49. The summed E-state index contributed by atoms with van der Waals surface area (Å²) in [5.41, 5.74) is 0. The minimum absolute atomic E-state index is 0.0931. The number of nitriles is 1. The fourth-order valence-electron chi connectivity index (χ4n) is 0.987. The average molecular weight is 138 g/mol. The fourth-order valence-corrected chi connectivity index (χ4v) is 0.987. The van der Waals surface area contributed by atoms with Crippen molar-refractivity contribution in [1.29, 1.82) is 5.26 Å². The molecule has 1 fully saturated rings. The fraction of sp³-hybridized carbons (Fsp3) is 0.714. The van der Waals surface area contributed by atoms with Gasteiger partial charge in [-0.15, -0.1) is 0 Å². The molecule has 0 aromatic carbocycles. The monoisotopic (exact) mass is 138 g/mol. The molecule has 1 heterocycles. The number of nitrogens with zero attached hydrogens (tertiary/aromatic N) is 2. The van der Waals surface area contributed by atoms with Gasteiger partial charge in [-0.1, -0.05) is 6.92 Å². The highest BCUT2D eigenvalue weighted by molar-refractivity contribution is 5.76. The SMILES string of the molecule is CCC(=O)N1CC(C#N)C1. The van der Waals surface area contributed by atoms with Crippen LogP contribution in [-0.2, 0) is 4.79 Å². The van der Waals surface area contributed by atoms with Crippen molar-refractivity contribution < 1.29 is 4.79 Å². The molecule has 0 atom stereocenters. The molecule has 10 heavy (non-hydrogen) atoms. The van der Waals surface area contributed by atoms with E-state index in [4.69, 9.17) is 5.26 Å². The third kappa shape index (κ3) is 1.10. The van der Waals surface area contributed by atoms with Gasteiger partial charge >= 0.3 is 0 Å². The largest absolute Gasteiger partial charge is 0.340 e. The maximum Gasteiger partial charge on any atom is 0.222 e. The first-order chi connectivity index (χ1) is 4.77. The quantitative estimate of drug-likeness (QED) is 0.525. The molecule has 0 N–H and O–H groups in total. The molecule has 0 aromatic rings. The molecule has 0 spiro atoms. The van der Waals surface area contributed by atoms with E-state index in [1.807, 2.05) is 6.92 Å². The Morgan fingerprint density at radius 2 is 2.40 bits per heavy atom. The van der Waals surface area contributed by atoms with E-state index < -0.39 is 0 Å². The summed E-state index contributed by atoms with van der Waals surface area (Å²) < 4.78 is 0. The number of carbonyl (C=O) groups excluding carboxylic acids is 1. The van der Waals surface area contributed by atoms with Crippen LogP contribution < -0.4 is 0 Å². The Morgan fingerprint density at radius 3 is 2.80 bits per heavy atom. The molecule has 0 radical (unpaired) electrons. The van der Waals surface area contributed by atoms with Gasteiger partial charge in [0, 0.05) is 19.5 Å². The smallest absolute Gasteiger partial charge is 0.222 e. The summed E-state index contributed by atoms with van der Waals surface area (Å²) in [6.07, 6.45) is 0.554. The lowest BCUT2D eigenvalue weighted by Gasteiger charge is -2.34. The van der Waals surface area contributed by atoms with Crippen LogP contribution in [0.5, 0.6) is 0 Å². The molecule has 1 amide bonds. The topological polar surface area (TPSA) is 44.1 Å². The second-order valence-electron chi connectivity index (χ2n) is 2.48. The van der Waals surface area contributed by atoms with E-state index in [0.717, 1.165) is 0 Å². The minimum Gasteiger partial charge on any atom is -0.340 e. The molecule has 1 aliphatic rings. The highest BCUT2D eigenvalue weighted by Crippen LogP contribution is 2.14. The van der Waals surface area contributed by atoms with Gasteiger partial charge < -0.3 is 4.90 Å². The highest BCUT2D eigenvalue weighted by atomic mass is 16.2. The van der Waals surface area contributed by atoms with E-state index in [2.05, 4.69) is 6.07 Å². The van der Waals surface area contributed by atoms with Crippen LogP contribution in [0.2, 0.25) is 0 Å². The van der Waals surface area contributed by atoms with Gasteiger partial charge in [0.15, 0.2) is 0 Å². The van der Waals surface area contributed by atoms with Gasteiger partial charge in [0.2, 0.25) is 5.91 Å². The van der Waals surface area contributed by atoms with Gasteiger partial charge in [-0.3, -0.25) is 4.79 Å². The molecule has 3 nitrogen and oxygen atoms in total. The van der Waals surface area contributed by atoms with Crippen LogP contribution >= 0.6 is 0 Å². The Balaban J connectivity index is 2.27. The normalized spacial score (nSPS) is 17.8. The van der Waals surface area contributed by atoms with E-state index in [0.29, 0.717) is 19.5 Å². The van der Waals surface area contributed by atoms with E-state index in [1.165, 1.54) is 0 Å². The number of amides is 1. The first kappa shape index (κ1) is 7.07. The second-order valence-corrected chi connectivity index (χ2v) is 2.48. The molecular formula is C7H10N2O. The maximum atomic E-state index is 10.9. The van der Waals surface area contributed by atoms with Gasteiger partial charge in [-0.25, -0.2) is 0 Å². The van der Waals surface area contributed by atoms with Crippen LogP contribution in [0.1, 0.15) is 13.3 Å². The average Bonchev–Trinajstić information content (AvgIpc) is 1.85. The standard InChI is InChI=1S/C7H10N2O/c1-2-7(10)9-4-6(3-8)5-9/h6H,2,4-5H2,1H3. The van der Waals surface area contributed by atoms with Crippen LogP contribution in [0, 0.1) is 17.2 Å². The first-order valence-corrected chi connectivity index (χ1v) is 3.45. The third-order valence-electron chi connectivity index (χ3n) is 1.72. The van der Waals surface area contributed by atoms with Crippen molar-refractivity contribution in [3.05, 3.63) is 0 Å². The minimum atomic E-state index is 0.0931. The maximum absolute atomic E-state index is 10.9. The molecule has 0 saturated carbocycles. The summed E-state index contributed by atoms with van der Waals surface area (Å²) in [5, 5.41) is 8.37. The molecule has 1 aliphatic heterocycles. The van der Waals surface area contributed by atoms with E-state index in [9.17, 15) is 4.79 Å². The molecule has 1 saturated heterocycles. The van der Waals surface area contributed by atoms with Crippen molar-refractivity contribution in [1.82, 2.24) is 4.90 Å². The Bertz CT molecular complexity index is 177.